The average molecular weight is 331 g/mol. The van der Waals surface area contributed by atoms with E-state index in [-0.39, 0.29) is 5.97 Å². The fourth-order valence-electron chi connectivity index (χ4n) is 2.02. The van der Waals surface area contributed by atoms with Crippen molar-refractivity contribution in [3.8, 4) is 5.75 Å². The zero-order valence-corrected chi connectivity index (χ0v) is 14.0. The van der Waals surface area contributed by atoms with Gasteiger partial charge in [0.1, 0.15) is 12.4 Å². The molecule has 0 aliphatic rings. The van der Waals surface area contributed by atoms with Gasteiger partial charge in [-0.25, -0.2) is 4.79 Å². The van der Waals surface area contributed by atoms with Crippen LogP contribution >= 0.6 is 11.6 Å². The molecule has 0 aliphatic heterocycles. The normalized spacial score (nSPS) is 10.7. The molecule has 0 N–H and O–H groups in total. The number of hydrogen-bond acceptors (Lipinski definition) is 3. The molecule has 0 fully saturated rings. The van der Waals surface area contributed by atoms with Gasteiger partial charge in [0.05, 0.1) is 11.6 Å². The van der Waals surface area contributed by atoms with Crippen LogP contribution in [0.15, 0.2) is 48.5 Å². The van der Waals surface area contributed by atoms with E-state index in [9.17, 15) is 4.79 Å². The topological polar surface area (TPSA) is 35.5 Å². The minimum absolute atomic E-state index is 0.357. The fourth-order valence-corrected chi connectivity index (χ4v) is 2.26. The Kier molecular flexibility index (Phi) is 6.24. The number of rotatable bonds is 6. The SMILES string of the molecule is CCOC(=O)/C=C/c1ccc(OCc2ccccc2C)c(Cl)c1. The number of halogens is 1. The van der Waals surface area contributed by atoms with Crippen molar-refractivity contribution in [1.82, 2.24) is 0 Å². The van der Waals surface area contributed by atoms with Gasteiger partial charge >= 0.3 is 5.97 Å². The third-order valence-corrected chi connectivity index (χ3v) is 3.59. The van der Waals surface area contributed by atoms with Gasteiger partial charge in [-0.05, 0) is 48.7 Å². The summed E-state index contributed by atoms with van der Waals surface area (Å²) in [5.41, 5.74) is 3.11. The van der Waals surface area contributed by atoms with Gasteiger partial charge in [0.15, 0.2) is 0 Å². The molecule has 0 spiro atoms. The smallest absolute Gasteiger partial charge is 0.330 e. The van der Waals surface area contributed by atoms with Gasteiger partial charge in [-0.15, -0.1) is 0 Å². The third-order valence-electron chi connectivity index (χ3n) is 3.30. The molecule has 0 saturated heterocycles. The maximum Gasteiger partial charge on any atom is 0.330 e. The van der Waals surface area contributed by atoms with Crippen LogP contribution in [0.1, 0.15) is 23.6 Å². The molecule has 4 heteroatoms. The Morgan fingerprint density at radius 2 is 2.00 bits per heavy atom. The molecule has 0 bridgehead atoms. The van der Waals surface area contributed by atoms with Gasteiger partial charge in [-0.1, -0.05) is 41.9 Å². The molecule has 2 rings (SSSR count). The van der Waals surface area contributed by atoms with Crippen LogP contribution in [0.2, 0.25) is 5.02 Å². The second kappa shape index (κ2) is 8.39. The third kappa shape index (κ3) is 5.15. The Labute approximate surface area is 141 Å². The van der Waals surface area contributed by atoms with E-state index >= 15 is 0 Å². The minimum Gasteiger partial charge on any atom is -0.487 e. The predicted octanol–water partition coefficient (Wildman–Crippen LogP) is 4.80. The van der Waals surface area contributed by atoms with Crippen LogP contribution in [-0.4, -0.2) is 12.6 Å². The van der Waals surface area contributed by atoms with E-state index in [2.05, 4.69) is 0 Å². The largest absolute Gasteiger partial charge is 0.487 e. The number of esters is 1. The summed E-state index contributed by atoms with van der Waals surface area (Å²) in [5.74, 6) is 0.242. The van der Waals surface area contributed by atoms with E-state index in [1.54, 1.807) is 25.1 Å². The maximum absolute atomic E-state index is 11.3. The van der Waals surface area contributed by atoms with E-state index in [1.165, 1.54) is 11.6 Å². The molecule has 0 saturated carbocycles. The van der Waals surface area contributed by atoms with Crippen molar-refractivity contribution in [2.45, 2.75) is 20.5 Å². The Hall–Kier alpha value is -2.26. The van der Waals surface area contributed by atoms with Crippen molar-refractivity contribution in [2.24, 2.45) is 0 Å². The van der Waals surface area contributed by atoms with E-state index in [0.29, 0.717) is 24.0 Å². The van der Waals surface area contributed by atoms with Gasteiger partial charge in [0.2, 0.25) is 0 Å². The zero-order chi connectivity index (χ0) is 16.7. The fraction of sp³-hybridized carbons (Fsp3) is 0.211. The summed E-state index contributed by atoms with van der Waals surface area (Å²) < 4.78 is 10.6. The molecule has 0 heterocycles. The monoisotopic (exact) mass is 330 g/mol. The van der Waals surface area contributed by atoms with Gasteiger partial charge in [-0.2, -0.15) is 0 Å². The lowest BCUT2D eigenvalue weighted by Gasteiger charge is -2.10. The highest BCUT2D eigenvalue weighted by atomic mass is 35.5. The second-order valence-electron chi connectivity index (χ2n) is 4.99. The Morgan fingerprint density at radius 1 is 1.22 bits per heavy atom. The lowest BCUT2D eigenvalue weighted by Crippen LogP contribution is -1.99. The molecule has 120 valence electrons. The minimum atomic E-state index is -0.372. The van der Waals surface area contributed by atoms with Crippen LogP contribution < -0.4 is 4.74 Å². The predicted molar refractivity (Wildman–Crippen MR) is 92.6 cm³/mol. The Bertz CT molecular complexity index is 708. The van der Waals surface area contributed by atoms with E-state index in [0.717, 1.165) is 11.1 Å². The molecule has 0 aliphatic carbocycles. The molecule has 0 atom stereocenters. The summed E-state index contributed by atoms with van der Waals surface area (Å²) in [6.07, 6.45) is 3.04. The van der Waals surface area contributed by atoms with Gasteiger partial charge in [0, 0.05) is 6.08 Å². The first-order valence-corrected chi connectivity index (χ1v) is 7.79. The highest BCUT2D eigenvalue weighted by molar-refractivity contribution is 6.32. The second-order valence-corrected chi connectivity index (χ2v) is 5.40. The summed E-state index contributed by atoms with van der Waals surface area (Å²) in [6, 6.07) is 13.4. The molecule has 2 aromatic carbocycles. The highest BCUT2D eigenvalue weighted by Gasteiger charge is 2.04. The summed E-state index contributed by atoms with van der Waals surface area (Å²) >= 11 is 6.24. The number of carbonyl (C=O) groups is 1. The van der Waals surface area contributed by atoms with Crippen molar-refractivity contribution in [3.05, 3.63) is 70.3 Å². The average Bonchev–Trinajstić information content (AvgIpc) is 2.54. The zero-order valence-electron chi connectivity index (χ0n) is 13.2. The summed E-state index contributed by atoms with van der Waals surface area (Å²) in [5, 5.41) is 0.504. The van der Waals surface area contributed by atoms with E-state index in [1.807, 2.05) is 37.3 Å². The number of hydrogen-bond donors (Lipinski definition) is 0. The number of ether oxygens (including phenoxy) is 2. The van der Waals surface area contributed by atoms with E-state index in [4.69, 9.17) is 21.1 Å². The van der Waals surface area contributed by atoms with Gasteiger partial charge in [-0.3, -0.25) is 0 Å². The lowest BCUT2D eigenvalue weighted by atomic mass is 10.1. The first-order valence-electron chi connectivity index (χ1n) is 7.42. The summed E-state index contributed by atoms with van der Waals surface area (Å²) in [4.78, 5) is 11.3. The van der Waals surface area contributed by atoms with Crippen molar-refractivity contribution in [1.29, 1.82) is 0 Å². The van der Waals surface area contributed by atoms with Crippen LogP contribution in [0.5, 0.6) is 5.75 Å². The molecule has 0 aromatic heterocycles. The van der Waals surface area contributed by atoms with Crippen molar-refractivity contribution < 1.29 is 14.3 Å². The quantitative estimate of drug-likeness (QED) is 0.563. The Balaban J connectivity index is 2.02. The highest BCUT2D eigenvalue weighted by Crippen LogP contribution is 2.27. The molecular weight excluding hydrogens is 312 g/mol. The van der Waals surface area contributed by atoms with Crippen LogP contribution in [-0.2, 0) is 16.1 Å². The maximum atomic E-state index is 11.3. The molecule has 2 aromatic rings. The van der Waals surface area contributed by atoms with Gasteiger partial charge < -0.3 is 9.47 Å². The van der Waals surface area contributed by atoms with Gasteiger partial charge in [0.25, 0.3) is 0 Å². The van der Waals surface area contributed by atoms with Crippen LogP contribution in [0.4, 0.5) is 0 Å². The van der Waals surface area contributed by atoms with Crippen LogP contribution in [0.25, 0.3) is 6.08 Å². The van der Waals surface area contributed by atoms with Crippen molar-refractivity contribution in [2.75, 3.05) is 6.61 Å². The summed E-state index contributed by atoms with van der Waals surface area (Å²) in [6.45, 7) is 4.63. The van der Waals surface area contributed by atoms with E-state index < -0.39 is 0 Å². The van der Waals surface area contributed by atoms with Crippen molar-refractivity contribution in [3.63, 3.8) is 0 Å². The van der Waals surface area contributed by atoms with Crippen molar-refractivity contribution >= 4 is 23.6 Å². The molecule has 0 unspecified atom stereocenters. The number of benzene rings is 2. The first-order chi connectivity index (χ1) is 11.1. The molecule has 3 nitrogen and oxygen atoms in total. The van der Waals surface area contributed by atoms with Crippen LogP contribution in [0.3, 0.4) is 0 Å². The molecular formula is C19H19ClO3. The Morgan fingerprint density at radius 3 is 2.70 bits per heavy atom. The number of aryl methyl sites for hydroxylation is 1. The number of carbonyl (C=O) groups excluding carboxylic acids is 1. The lowest BCUT2D eigenvalue weighted by molar-refractivity contribution is -0.137. The standard InChI is InChI=1S/C19H19ClO3/c1-3-22-19(21)11-9-15-8-10-18(17(20)12-15)23-13-16-7-5-4-6-14(16)2/h4-12H,3,13H2,1-2H3/b11-9+. The molecule has 0 radical (unpaired) electrons. The van der Waals surface area contributed by atoms with Crippen LogP contribution in [0, 0.1) is 6.92 Å². The molecule has 23 heavy (non-hydrogen) atoms. The molecule has 0 amide bonds. The summed E-state index contributed by atoms with van der Waals surface area (Å²) in [7, 11) is 0. The first kappa shape index (κ1) is 17.1.